The van der Waals surface area contributed by atoms with Gasteiger partial charge in [-0.15, -0.1) is 0 Å². The standard InChI is InChI=1S/C25H33N3O4/c1-3-20-17-22(32-26-20)23(29)28-14-8-13-25(18-28)12-7-6-10-19-9-4-5-11-21(19)31-16-15-27(2)24(25)30/h4-5,9,11,17H,3,6-8,10,12-16,18H2,1-2H3. The first-order valence-electron chi connectivity index (χ1n) is 11.7. The van der Waals surface area contributed by atoms with Crippen LogP contribution < -0.4 is 4.74 Å². The number of likely N-dealkylation sites (tertiary alicyclic amines) is 1. The maximum Gasteiger partial charge on any atom is 0.292 e. The molecule has 0 radical (unpaired) electrons. The lowest BCUT2D eigenvalue weighted by Gasteiger charge is -2.43. The topological polar surface area (TPSA) is 75.9 Å². The molecule has 0 bridgehead atoms. The summed E-state index contributed by atoms with van der Waals surface area (Å²) < 4.78 is 11.3. The normalized spacial score (nSPS) is 22.6. The molecular formula is C25H33N3O4. The Balaban J connectivity index is 1.53. The maximum absolute atomic E-state index is 13.6. The summed E-state index contributed by atoms with van der Waals surface area (Å²) in [6.07, 6.45) is 5.94. The van der Waals surface area contributed by atoms with Crippen LogP contribution in [0.4, 0.5) is 0 Å². The summed E-state index contributed by atoms with van der Waals surface area (Å²) in [6, 6.07) is 9.87. The number of para-hydroxylation sites is 1. The molecule has 1 fully saturated rings. The minimum absolute atomic E-state index is 0.110. The molecule has 0 aliphatic carbocycles. The van der Waals surface area contributed by atoms with Gasteiger partial charge in [0.15, 0.2) is 0 Å². The molecule has 1 aromatic heterocycles. The Kier molecular flexibility index (Phi) is 6.82. The summed E-state index contributed by atoms with van der Waals surface area (Å²) in [5.41, 5.74) is 1.42. The van der Waals surface area contributed by atoms with Gasteiger partial charge in [-0.2, -0.15) is 0 Å². The summed E-state index contributed by atoms with van der Waals surface area (Å²) in [5, 5.41) is 3.96. The number of benzene rings is 1. The van der Waals surface area contributed by atoms with Crippen molar-refractivity contribution in [2.24, 2.45) is 5.41 Å². The van der Waals surface area contributed by atoms with Crippen LogP contribution in [0.1, 0.15) is 60.8 Å². The molecule has 1 atom stereocenters. The monoisotopic (exact) mass is 439 g/mol. The number of carbonyl (C=O) groups excluding carboxylic acids is 2. The number of amides is 2. The molecule has 4 rings (SSSR count). The van der Waals surface area contributed by atoms with Crippen LogP contribution in [-0.2, 0) is 17.6 Å². The third kappa shape index (κ3) is 4.66. The summed E-state index contributed by atoms with van der Waals surface area (Å²) in [4.78, 5) is 30.3. The molecule has 1 saturated heterocycles. The first kappa shape index (κ1) is 22.4. The van der Waals surface area contributed by atoms with Gasteiger partial charge in [0.2, 0.25) is 11.7 Å². The SMILES string of the molecule is CCc1cc(C(=O)N2CCCC3(CCCCc4ccccc4OCCN(C)C3=O)C2)on1. The van der Waals surface area contributed by atoms with Gasteiger partial charge >= 0.3 is 0 Å². The van der Waals surface area contributed by atoms with Crippen molar-refractivity contribution in [2.45, 2.75) is 51.9 Å². The Bertz CT molecular complexity index is 956. The average molecular weight is 440 g/mol. The smallest absolute Gasteiger partial charge is 0.292 e. The largest absolute Gasteiger partial charge is 0.491 e. The van der Waals surface area contributed by atoms with Crippen LogP contribution in [0.25, 0.3) is 0 Å². The average Bonchev–Trinajstić information content (AvgIpc) is 3.30. The van der Waals surface area contributed by atoms with Crippen LogP contribution in [0.15, 0.2) is 34.9 Å². The number of aromatic nitrogens is 1. The van der Waals surface area contributed by atoms with E-state index < -0.39 is 5.41 Å². The zero-order valence-corrected chi connectivity index (χ0v) is 19.1. The van der Waals surface area contributed by atoms with Crippen molar-refractivity contribution in [2.75, 3.05) is 33.3 Å². The van der Waals surface area contributed by atoms with Gasteiger partial charge in [-0.1, -0.05) is 36.7 Å². The van der Waals surface area contributed by atoms with Crippen molar-refractivity contribution in [3.05, 3.63) is 47.3 Å². The number of hydrogen-bond acceptors (Lipinski definition) is 5. The number of likely N-dealkylation sites (N-methyl/N-ethyl adjacent to an activating group) is 1. The first-order chi connectivity index (χ1) is 15.5. The Morgan fingerprint density at radius 1 is 1.16 bits per heavy atom. The van der Waals surface area contributed by atoms with Gasteiger partial charge in [-0.05, 0) is 50.2 Å². The van der Waals surface area contributed by atoms with Crippen molar-refractivity contribution in [3.8, 4) is 5.75 Å². The van der Waals surface area contributed by atoms with Crippen LogP contribution in [0.2, 0.25) is 0 Å². The summed E-state index contributed by atoms with van der Waals surface area (Å²) in [7, 11) is 1.84. The third-order valence-corrected chi connectivity index (χ3v) is 6.80. The molecule has 32 heavy (non-hydrogen) atoms. The van der Waals surface area contributed by atoms with Gasteiger partial charge in [0.25, 0.3) is 5.91 Å². The summed E-state index contributed by atoms with van der Waals surface area (Å²) in [5.74, 6) is 1.11. The Hall–Kier alpha value is -2.83. The summed E-state index contributed by atoms with van der Waals surface area (Å²) in [6.45, 7) is 4.01. The highest BCUT2D eigenvalue weighted by Crippen LogP contribution is 2.38. The Morgan fingerprint density at radius 2 is 1.97 bits per heavy atom. The van der Waals surface area contributed by atoms with Crippen molar-refractivity contribution in [3.63, 3.8) is 0 Å². The zero-order valence-electron chi connectivity index (χ0n) is 19.1. The third-order valence-electron chi connectivity index (χ3n) is 6.80. The maximum atomic E-state index is 13.6. The molecule has 1 unspecified atom stereocenters. The van der Waals surface area contributed by atoms with Gasteiger partial charge in [0.05, 0.1) is 17.7 Å². The van der Waals surface area contributed by atoms with E-state index in [4.69, 9.17) is 9.26 Å². The molecule has 0 N–H and O–H groups in total. The second-order valence-corrected chi connectivity index (χ2v) is 9.04. The molecule has 2 aliphatic rings. The van der Waals surface area contributed by atoms with Crippen molar-refractivity contribution in [1.29, 1.82) is 0 Å². The number of piperidine rings is 1. The lowest BCUT2D eigenvalue weighted by molar-refractivity contribution is -0.144. The highest BCUT2D eigenvalue weighted by Gasteiger charge is 2.45. The van der Waals surface area contributed by atoms with E-state index in [1.165, 1.54) is 5.56 Å². The fourth-order valence-corrected chi connectivity index (χ4v) is 4.95. The molecular weight excluding hydrogens is 406 g/mol. The fourth-order valence-electron chi connectivity index (χ4n) is 4.95. The van der Waals surface area contributed by atoms with Crippen molar-refractivity contribution < 1.29 is 18.8 Å². The van der Waals surface area contributed by atoms with E-state index in [0.29, 0.717) is 26.2 Å². The lowest BCUT2D eigenvalue weighted by Crippen LogP contribution is -2.54. The fraction of sp³-hybridized carbons (Fsp3) is 0.560. The Morgan fingerprint density at radius 3 is 2.78 bits per heavy atom. The number of ether oxygens (including phenoxy) is 1. The van der Waals surface area contributed by atoms with Crippen molar-refractivity contribution >= 4 is 11.8 Å². The van der Waals surface area contributed by atoms with E-state index >= 15 is 0 Å². The number of nitrogens with zero attached hydrogens (tertiary/aromatic N) is 3. The van der Waals surface area contributed by atoms with E-state index in [1.54, 1.807) is 15.9 Å². The molecule has 0 saturated carbocycles. The predicted molar refractivity (Wildman–Crippen MR) is 121 cm³/mol. The van der Waals surface area contributed by atoms with E-state index in [-0.39, 0.29) is 17.6 Å². The van der Waals surface area contributed by atoms with Crippen molar-refractivity contribution in [1.82, 2.24) is 15.0 Å². The number of hydrogen-bond donors (Lipinski definition) is 0. The molecule has 2 aliphatic heterocycles. The predicted octanol–water partition coefficient (Wildman–Crippen LogP) is 3.72. The molecule has 172 valence electrons. The first-order valence-corrected chi connectivity index (χ1v) is 11.7. The molecule has 1 spiro atoms. The molecule has 1 aromatic carbocycles. The number of fused-ring (bicyclic) bond motifs is 1. The van der Waals surface area contributed by atoms with E-state index in [9.17, 15) is 9.59 Å². The van der Waals surface area contributed by atoms with Crippen LogP contribution >= 0.6 is 0 Å². The lowest BCUT2D eigenvalue weighted by atomic mass is 9.74. The molecule has 2 amide bonds. The molecule has 2 aromatic rings. The van der Waals surface area contributed by atoms with Gasteiger partial charge in [0, 0.05) is 26.2 Å². The minimum atomic E-state index is -0.561. The highest BCUT2D eigenvalue weighted by atomic mass is 16.5. The van der Waals surface area contributed by atoms with Gasteiger partial charge in [-0.3, -0.25) is 9.59 Å². The second kappa shape index (κ2) is 9.76. The summed E-state index contributed by atoms with van der Waals surface area (Å²) >= 11 is 0. The quantitative estimate of drug-likeness (QED) is 0.713. The second-order valence-electron chi connectivity index (χ2n) is 9.04. The van der Waals surface area contributed by atoms with Crippen LogP contribution in [0.5, 0.6) is 5.75 Å². The highest BCUT2D eigenvalue weighted by molar-refractivity contribution is 5.92. The van der Waals surface area contributed by atoms with Gasteiger partial charge < -0.3 is 19.1 Å². The number of carbonyl (C=O) groups is 2. The van der Waals surface area contributed by atoms with Crippen LogP contribution in [0, 0.1) is 5.41 Å². The van der Waals surface area contributed by atoms with Gasteiger partial charge in [-0.25, -0.2) is 0 Å². The minimum Gasteiger partial charge on any atom is -0.491 e. The Labute approximate surface area is 189 Å². The molecule has 7 heteroatoms. The van der Waals surface area contributed by atoms with E-state index in [1.807, 2.05) is 32.2 Å². The van der Waals surface area contributed by atoms with Crippen LogP contribution in [0.3, 0.4) is 0 Å². The molecule has 3 heterocycles. The van der Waals surface area contributed by atoms with Gasteiger partial charge in [0.1, 0.15) is 12.4 Å². The van der Waals surface area contributed by atoms with Crippen LogP contribution in [-0.4, -0.2) is 60.1 Å². The number of aryl methyl sites for hydroxylation is 2. The van der Waals surface area contributed by atoms with E-state index in [2.05, 4.69) is 11.2 Å². The zero-order chi connectivity index (χ0) is 22.6. The van der Waals surface area contributed by atoms with E-state index in [0.717, 1.165) is 56.4 Å². The number of rotatable bonds is 2. The molecule has 7 nitrogen and oxygen atoms in total.